The summed E-state index contributed by atoms with van der Waals surface area (Å²) in [4.78, 5) is 14.1. The number of carbonyl (C=O) groups excluding carboxylic acids is 1. The van der Waals surface area contributed by atoms with Gasteiger partial charge in [0, 0.05) is 16.4 Å². The molecule has 1 atom stereocenters. The fourth-order valence-electron chi connectivity index (χ4n) is 4.56. The summed E-state index contributed by atoms with van der Waals surface area (Å²) in [6.45, 7) is 9.42. The number of hydrogen-bond donors (Lipinski definition) is 1. The van der Waals surface area contributed by atoms with Gasteiger partial charge in [-0.3, -0.25) is 4.79 Å². The molecule has 0 unspecified atom stereocenters. The monoisotopic (exact) mass is 543 g/mol. The van der Waals surface area contributed by atoms with Crippen LogP contribution in [-0.4, -0.2) is 33.5 Å². The maximum atomic E-state index is 12.9. The first-order valence-electron chi connectivity index (χ1n) is 11.9. The Bertz CT molecular complexity index is 1320. The number of fused-ring (bicyclic) bond motifs is 1. The number of thioether (sulfide) groups is 1. The lowest BCUT2D eigenvalue weighted by molar-refractivity contribution is -0.113. The van der Waals surface area contributed by atoms with Gasteiger partial charge in [-0.2, -0.15) is 5.26 Å². The van der Waals surface area contributed by atoms with Crippen molar-refractivity contribution < 1.29 is 9.53 Å². The summed E-state index contributed by atoms with van der Waals surface area (Å²) in [5.74, 6) is 1.83. The molecule has 36 heavy (non-hydrogen) atoms. The standard InChI is InChI=1S/C26H30ClN5O2S2/c1-6-32-23(18-12-16(27)8-10-20(18)34-5)30-31-25(32)35-14-22(33)29-24-19(13-28)17-9-7-15(26(2,3)4)11-21(17)36-24/h8,10,12,15H,6-7,9,11,14H2,1-5H3,(H,29,33)/t15-/m1/s1. The molecular formula is C26H30ClN5O2S2. The zero-order valence-corrected chi connectivity index (χ0v) is 23.5. The van der Waals surface area contributed by atoms with E-state index < -0.39 is 0 Å². The molecule has 3 aromatic rings. The lowest BCUT2D eigenvalue weighted by Gasteiger charge is -2.33. The molecule has 7 nitrogen and oxygen atoms in total. The van der Waals surface area contributed by atoms with Crippen molar-refractivity contribution in [2.24, 2.45) is 11.3 Å². The summed E-state index contributed by atoms with van der Waals surface area (Å²) in [6.07, 6.45) is 2.91. The van der Waals surface area contributed by atoms with Gasteiger partial charge >= 0.3 is 0 Å². The van der Waals surface area contributed by atoms with Crippen LogP contribution in [0.15, 0.2) is 23.4 Å². The minimum absolute atomic E-state index is 0.156. The van der Waals surface area contributed by atoms with Crippen LogP contribution in [-0.2, 0) is 24.2 Å². The number of nitriles is 1. The molecule has 1 N–H and O–H groups in total. The first kappa shape index (κ1) is 26.5. The highest BCUT2D eigenvalue weighted by molar-refractivity contribution is 7.99. The third-order valence-electron chi connectivity index (χ3n) is 6.62. The van der Waals surface area contributed by atoms with Gasteiger partial charge in [0.05, 0.1) is 24.0 Å². The number of aromatic nitrogens is 3. The van der Waals surface area contributed by atoms with E-state index in [-0.39, 0.29) is 17.1 Å². The first-order chi connectivity index (χ1) is 17.2. The van der Waals surface area contributed by atoms with Crippen LogP contribution >= 0.6 is 34.7 Å². The predicted molar refractivity (Wildman–Crippen MR) is 146 cm³/mol. The molecule has 0 fully saturated rings. The Balaban J connectivity index is 1.48. The van der Waals surface area contributed by atoms with E-state index in [1.165, 1.54) is 16.6 Å². The summed E-state index contributed by atoms with van der Waals surface area (Å²) >= 11 is 9.06. The van der Waals surface area contributed by atoms with Gasteiger partial charge in [-0.05, 0) is 61.3 Å². The van der Waals surface area contributed by atoms with Crippen molar-refractivity contribution in [1.82, 2.24) is 14.8 Å². The lowest BCUT2D eigenvalue weighted by atomic mass is 9.72. The Hall–Kier alpha value is -2.54. The zero-order valence-electron chi connectivity index (χ0n) is 21.1. The van der Waals surface area contributed by atoms with Gasteiger partial charge < -0.3 is 14.6 Å². The summed E-state index contributed by atoms with van der Waals surface area (Å²) in [6, 6.07) is 7.68. The SMILES string of the molecule is CCn1c(SCC(=O)Nc2sc3c(c2C#N)CC[C@@H](C(C)(C)C)C3)nnc1-c1cc(Cl)ccc1OC. The highest BCUT2D eigenvalue weighted by Gasteiger charge is 2.32. The maximum Gasteiger partial charge on any atom is 0.235 e. The molecule has 2 heterocycles. The van der Waals surface area contributed by atoms with E-state index in [0.29, 0.717) is 44.8 Å². The van der Waals surface area contributed by atoms with Crippen LogP contribution in [0.25, 0.3) is 11.4 Å². The number of carbonyl (C=O) groups is 1. The van der Waals surface area contributed by atoms with Gasteiger partial charge in [-0.15, -0.1) is 21.5 Å². The third-order valence-corrected chi connectivity index (χ3v) is 8.99. The molecule has 10 heteroatoms. The Morgan fingerprint density at radius 3 is 2.83 bits per heavy atom. The van der Waals surface area contributed by atoms with Gasteiger partial charge in [-0.1, -0.05) is 44.1 Å². The first-order valence-corrected chi connectivity index (χ1v) is 14.1. The molecule has 1 aliphatic carbocycles. The Morgan fingerprint density at radius 2 is 2.17 bits per heavy atom. The van der Waals surface area contributed by atoms with Crippen LogP contribution in [0.1, 0.15) is 50.1 Å². The Labute approximate surface area is 225 Å². The van der Waals surface area contributed by atoms with Crippen molar-refractivity contribution >= 4 is 45.6 Å². The largest absolute Gasteiger partial charge is 0.496 e. The van der Waals surface area contributed by atoms with Crippen molar-refractivity contribution in [3.8, 4) is 23.2 Å². The number of amides is 1. The van der Waals surface area contributed by atoms with E-state index in [1.807, 2.05) is 11.5 Å². The van der Waals surface area contributed by atoms with Crippen molar-refractivity contribution in [3.63, 3.8) is 0 Å². The van der Waals surface area contributed by atoms with Gasteiger partial charge in [0.15, 0.2) is 11.0 Å². The third kappa shape index (κ3) is 5.41. The number of methoxy groups -OCH3 is 1. The Kier molecular flexibility index (Phi) is 7.98. The van der Waals surface area contributed by atoms with Crippen molar-refractivity contribution in [3.05, 3.63) is 39.2 Å². The van der Waals surface area contributed by atoms with Crippen LogP contribution < -0.4 is 10.1 Å². The average Bonchev–Trinajstić information content (AvgIpc) is 3.41. The van der Waals surface area contributed by atoms with Gasteiger partial charge in [0.2, 0.25) is 5.91 Å². The molecule has 4 rings (SSSR count). The molecule has 0 saturated carbocycles. The minimum atomic E-state index is -0.171. The molecule has 1 aromatic carbocycles. The average molecular weight is 544 g/mol. The van der Waals surface area contributed by atoms with Crippen LogP contribution in [0.5, 0.6) is 5.75 Å². The van der Waals surface area contributed by atoms with E-state index in [9.17, 15) is 10.1 Å². The fourth-order valence-corrected chi connectivity index (χ4v) is 6.83. The zero-order chi connectivity index (χ0) is 26.0. The van der Waals surface area contributed by atoms with Crippen LogP contribution in [0.4, 0.5) is 5.00 Å². The fraction of sp³-hybridized carbons (Fsp3) is 0.462. The second kappa shape index (κ2) is 10.8. The number of halogens is 1. The quantitative estimate of drug-likeness (QED) is 0.344. The second-order valence-corrected chi connectivity index (χ2v) is 12.3. The topological polar surface area (TPSA) is 92.8 Å². The molecule has 0 spiro atoms. The van der Waals surface area contributed by atoms with Crippen LogP contribution in [0.3, 0.4) is 0 Å². The number of ether oxygens (including phenoxy) is 1. The molecule has 2 aromatic heterocycles. The number of thiophene rings is 1. The highest BCUT2D eigenvalue weighted by atomic mass is 35.5. The Morgan fingerprint density at radius 1 is 1.39 bits per heavy atom. The van der Waals surface area contributed by atoms with Crippen molar-refractivity contribution in [2.45, 2.75) is 58.7 Å². The van der Waals surface area contributed by atoms with Crippen LogP contribution in [0, 0.1) is 22.7 Å². The summed E-state index contributed by atoms with van der Waals surface area (Å²) in [5, 5.41) is 23.3. The maximum absolute atomic E-state index is 12.9. The number of rotatable bonds is 7. The van der Waals surface area contributed by atoms with E-state index in [2.05, 4.69) is 42.4 Å². The predicted octanol–water partition coefficient (Wildman–Crippen LogP) is 6.44. The van der Waals surface area contributed by atoms with Crippen molar-refractivity contribution in [2.75, 3.05) is 18.2 Å². The van der Waals surface area contributed by atoms with Gasteiger partial charge in [0.25, 0.3) is 0 Å². The smallest absolute Gasteiger partial charge is 0.235 e. The number of nitrogens with one attached hydrogen (secondary N) is 1. The number of hydrogen-bond acceptors (Lipinski definition) is 7. The number of nitrogens with zero attached hydrogens (tertiary/aromatic N) is 4. The molecule has 1 aliphatic rings. The number of anilines is 1. The van der Waals surface area contributed by atoms with E-state index in [4.69, 9.17) is 16.3 Å². The highest BCUT2D eigenvalue weighted by Crippen LogP contribution is 2.44. The van der Waals surface area contributed by atoms with Gasteiger partial charge in [0.1, 0.15) is 16.8 Å². The summed E-state index contributed by atoms with van der Waals surface area (Å²) < 4.78 is 7.41. The molecule has 0 aliphatic heterocycles. The molecule has 0 saturated heterocycles. The van der Waals surface area contributed by atoms with Crippen molar-refractivity contribution in [1.29, 1.82) is 5.26 Å². The normalized spacial score (nSPS) is 15.3. The molecule has 1 amide bonds. The second-order valence-electron chi connectivity index (χ2n) is 9.86. The number of benzene rings is 1. The molecule has 0 radical (unpaired) electrons. The van der Waals surface area contributed by atoms with E-state index in [0.717, 1.165) is 30.4 Å². The minimum Gasteiger partial charge on any atom is -0.496 e. The van der Waals surface area contributed by atoms with E-state index >= 15 is 0 Å². The summed E-state index contributed by atoms with van der Waals surface area (Å²) in [5.41, 5.74) is 2.69. The van der Waals surface area contributed by atoms with Gasteiger partial charge in [-0.25, -0.2) is 0 Å². The molecule has 0 bridgehead atoms. The molecule has 190 valence electrons. The lowest BCUT2D eigenvalue weighted by Crippen LogP contribution is -2.26. The van der Waals surface area contributed by atoms with E-state index in [1.54, 1.807) is 36.6 Å². The molecular weight excluding hydrogens is 514 g/mol. The summed E-state index contributed by atoms with van der Waals surface area (Å²) in [7, 11) is 1.60. The van der Waals surface area contributed by atoms with Crippen LogP contribution in [0.2, 0.25) is 5.02 Å².